The minimum atomic E-state index is -0.607. The molecule has 3 aromatic rings. The number of aromatic amines is 1. The second-order valence-corrected chi connectivity index (χ2v) is 7.35. The van der Waals surface area contributed by atoms with Crippen molar-refractivity contribution >= 4 is 22.7 Å². The van der Waals surface area contributed by atoms with Crippen molar-refractivity contribution in [2.75, 3.05) is 13.7 Å². The number of amides is 2. The Morgan fingerprint density at radius 1 is 1.07 bits per heavy atom. The minimum absolute atomic E-state index is 0.0377. The highest BCUT2D eigenvalue weighted by Gasteiger charge is 2.25. The van der Waals surface area contributed by atoms with Gasteiger partial charge in [-0.3, -0.25) is 9.59 Å². The van der Waals surface area contributed by atoms with Crippen LogP contribution in [0.5, 0.6) is 5.75 Å². The van der Waals surface area contributed by atoms with Gasteiger partial charge < -0.3 is 20.4 Å². The number of hydrogen-bond acceptors (Lipinski definition) is 3. The Bertz CT molecular complexity index is 943. The van der Waals surface area contributed by atoms with Crippen molar-refractivity contribution in [3.63, 3.8) is 0 Å². The fourth-order valence-electron chi connectivity index (χ4n) is 3.18. The molecule has 0 saturated heterocycles. The number of rotatable bonds is 8. The molecule has 29 heavy (non-hydrogen) atoms. The van der Waals surface area contributed by atoms with Crippen LogP contribution in [-0.4, -0.2) is 36.5 Å². The quantitative estimate of drug-likeness (QED) is 0.549. The zero-order valence-corrected chi connectivity index (χ0v) is 17.0. The van der Waals surface area contributed by atoms with Gasteiger partial charge in [0.15, 0.2) is 0 Å². The molecule has 0 aliphatic heterocycles. The van der Waals surface area contributed by atoms with Gasteiger partial charge in [0.2, 0.25) is 5.91 Å². The van der Waals surface area contributed by atoms with Crippen LogP contribution in [0, 0.1) is 5.92 Å². The van der Waals surface area contributed by atoms with Crippen molar-refractivity contribution in [2.24, 2.45) is 5.92 Å². The Labute approximate surface area is 170 Å². The monoisotopic (exact) mass is 393 g/mol. The molecule has 2 amide bonds. The van der Waals surface area contributed by atoms with Gasteiger partial charge in [-0.1, -0.05) is 44.2 Å². The van der Waals surface area contributed by atoms with E-state index in [1.807, 2.05) is 62.4 Å². The van der Waals surface area contributed by atoms with Crippen LogP contribution in [0.3, 0.4) is 0 Å². The first-order valence-corrected chi connectivity index (χ1v) is 9.77. The number of carbonyl (C=O) groups excluding carboxylic acids is 2. The smallest absolute Gasteiger partial charge is 0.268 e. The molecule has 6 nitrogen and oxygen atoms in total. The molecule has 6 heteroatoms. The summed E-state index contributed by atoms with van der Waals surface area (Å²) in [4.78, 5) is 28.4. The predicted octanol–water partition coefficient (Wildman–Crippen LogP) is 3.29. The molecule has 152 valence electrons. The molecule has 3 rings (SSSR count). The summed E-state index contributed by atoms with van der Waals surface area (Å²) in [6.07, 6.45) is 0.705. The first kappa shape index (κ1) is 20.5. The molecule has 0 saturated carbocycles. The summed E-state index contributed by atoms with van der Waals surface area (Å²) in [6.45, 7) is 4.33. The second kappa shape index (κ2) is 9.28. The SMILES string of the molecule is COc1ccc(CCNC(=O)C(NC(=O)c2cc3ccccc3[nH]2)C(C)C)cc1. The number of methoxy groups -OCH3 is 1. The largest absolute Gasteiger partial charge is 0.497 e. The van der Waals surface area contributed by atoms with Crippen LogP contribution in [0.15, 0.2) is 54.6 Å². The van der Waals surface area contributed by atoms with Gasteiger partial charge in [-0.2, -0.15) is 0 Å². The van der Waals surface area contributed by atoms with E-state index in [4.69, 9.17) is 4.74 Å². The normalized spacial score (nSPS) is 12.0. The van der Waals surface area contributed by atoms with Crippen molar-refractivity contribution in [3.05, 3.63) is 65.9 Å². The topological polar surface area (TPSA) is 83.2 Å². The molecule has 1 unspecified atom stereocenters. The molecule has 0 aliphatic rings. The van der Waals surface area contributed by atoms with Crippen molar-refractivity contribution in [1.29, 1.82) is 0 Å². The molecule has 2 aromatic carbocycles. The van der Waals surface area contributed by atoms with Crippen molar-refractivity contribution < 1.29 is 14.3 Å². The van der Waals surface area contributed by atoms with E-state index in [0.29, 0.717) is 18.7 Å². The predicted molar refractivity (Wildman–Crippen MR) is 114 cm³/mol. The number of benzene rings is 2. The lowest BCUT2D eigenvalue weighted by Crippen LogP contribution is -2.50. The van der Waals surface area contributed by atoms with Crippen molar-refractivity contribution in [2.45, 2.75) is 26.3 Å². The van der Waals surface area contributed by atoms with Gasteiger partial charge in [-0.15, -0.1) is 0 Å². The number of para-hydroxylation sites is 1. The van der Waals surface area contributed by atoms with Gasteiger partial charge in [0.05, 0.1) is 7.11 Å². The Hall–Kier alpha value is -3.28. The van der Waals surface area contributed by atoms with E-state index in [-0.39, 0.29) is 17.7 Å². The lowest BCUT2D eigenvalue weighted by Gasteiger charge is -2.21. The average Bonchev–Trinajstić information content (AvgIpc) is 3.16. The standard InChI is InChI=1S/C23H27N3O3/c1-15(2)21(23(28)24-13-12-16-8-10-18(29-3)11-9-16)26-22(27)20-14-17-6-4-5-7-19(17)25-20/h4-11,14-15,21,25H,12-13H2,1-3H3,(H,24,28)(H,26,27). The third-order valence-electron chi connectivity index (χ3n) is 4.88. The van der Waals surface area contributed by atoms with E-state index in [0.717, 1.165) is 22.2 Å². The maximum atomic E-state index is 12.7. The maximum Gasteiger partial charge on any atom is 0.268 e. The van der Waals surface area contributed by atoms with Gasteiger partial charge in [0.25, 0.3) is 5.91 Å². The zero-order valence-electron chi connectivity index (χ0n) is 17.0. The van der Waals surface area contributed by atoms with E-state index in [2.05, 4.69) is 15.6 Å². The molecule has 0 radical (unpaired) electrons. The summed E-state index contributed by atoms with van der Waals surface area (Å²) in [5, 5.41) is 6.75. The third-order valence-corrected chi connectivity index (χ3v) is 4.88. The Kier molecular flexibility index (Phi) is 6.54. The fourth-order valence-corrected chi connectivity index (χ4v) is 3.18. The number of carbonyl (C=O) groups is 2. The van der Waals surface area contributed by atoms with E-state index in [1.54, 1.807) is 13.2 Å². The summed E-state index contributed by atoms with van der Waals surface area (Å²) < 4.78 is 5.15. The molecule has 0 fully saturated rings. The van der Waals surface area contributed by atoms with E-state index in [1.165, 1.54) is 0 Å². The Morgan fingerprint density at radius 2 is 1.79 bits per heavy atom. The molecule has 1 heterocycles. The van der Waals surface area contributed by atoms with Gasteiger partial charge in [0, 0.05) is 17.4 Å². The molecule has 1 atom stereocenters. The number of nitrogens with one attached hydrogen (secondary N) is 3. The molecule has 0 bridgehead atoms. The van der Waals surface area contributed by atoms with E-state index < -0.39 is 6.04 Å². The molecule has 0 spiro atoms. The Morgan fingerprint density at radius 3 is 2.45 bits per heavy atom. The van der Waals surface area contributed by atoms with Crippen molar-refractivity contribution in [1.82, 2.24) is 15.6 Å². The highest BCUT2D eigenvalue weighted by atomic mass is 16.5. The molecule has 0 aliphatic carbocycles. The lowest BCUT2D eigenvalue weighted by molar-refractivity contribution is -0.123. The van der Waals surface area contributed by atoms with Crippen LogP contribution in [0.1, 0.15) is 29.9 Å². The molecular formula is C23H27N3O3. The number of aromatic nitrogens is 1. The second-order valence-electron chi connectivity index (χ2n) is 7.35. The number of hydrogen-bond donors (Lipinski definition) is 3. The van der Waals surface area contributed by atoms with E-state index in [9.17, 15) is 9.59 Å². The van der Waals surface area contributed by atoms with Crippen molar-refractivity contribution in [3.8, 4) is 5.75 Å². The van der Waals surface area contributed by atoms with Crippen LogP contribution >= 0.6 is 0 Å². The Balaban J connectivity index is 1.57. The van der Waals surface area contributed by atoms with Gasteiger partial charge in [0.1, 0.15) is 17.5 Å². The number of H-pyrrole nitrogens is 1. The van der Waals surface area contributed by atoms with Crippen LogP contribution in [0.25, 0.3) is 10.9 Å². The van der Waals surface area contributed by atoms with Crippen LogP contribution in [-0.2, 0) is 11.2 Å². The summed E-state index contributed by atoms with van der Waals surface area (Å²) in [7, 11) is 1.63. The van der Waals surface area contributed by atoms with Gasteiger partial charge in [-0.05, 0) is 42.2 Å². The van der Waals surface area contributed by atoms with Gasteiger partial charge in [-0.25, -0.2) is 0 Å². The summed E-state index contributed by atoms with van der Waals surface area (Å²) in [5.74, 6) is 0.296. The summed E-state index contributed by atoms with van der Waals surface area (Å²) in [5.41, 5.74) is 2.44. The van der Waals surface area contributed by atoms with Crippen LogP contribution in [0.2, 0.25) is 0 Å². The minimum Gasteiger partial charge on any atom is -0.497 e. The molecule has 1 aromatic heterocycles. The van der Waals surface area contributed by atoms with Crippen LogP contribution in [0.4, 0.5) is 0 Å². The molecule has 3 N–H and O–H groups in total. The van der Waals surface area contributed by atoms with Gasteiger partial charge >= 0.3 is 0 Å². The average molecular weight is 393 g/mol. The highest BCUT2D eigenvalue weighted by molar-refractivity contribution is 6.00. The number of ether oxygens (including phenoxy) is 1. The summed E-state index contributed by atoms with van der Waals surface area (Å²) in [6, 6.07) is 16.6. The molecular weight excluding hydrogens is 366 g/mol. The highest BCUT2D eigenvalue weighted by Crippen LogP contribution is 2.15. The first-order chi connectivity index (χ1) is 14.0. The summed E-state index contributed by atoms with van der Waals surface area (Å²) >= 11 is 0. The first-order valence-electron chi connectivity index (χ1n) is 9.77. The van der Waals surface area contributed by atoms with Crippen LogP contribution < -0.4 is 15.4 Å². The maximum absolute atomic E-state index is 12.7. The number of fused-ring (bicyclic) bond motifs is 1. The van der Waals surface area contributed by atoms with E-state index >= 15 is 0 Å². The fraction of sp³-hybridized carbons (Fsp3) is 0.304. The lowest BCUT2D eigenvalue weighted by atomic mass is 10.0. The zero-order chi connectivity index (χ0) is 20.8. The third kappa shape index (κ3) is 5.16.